The number of rotatable bonds is 8. The molecule has 1 saturated heterocycles. The monoisotopic (exact) mass is 257 g/mol. The van der Waals surface area contributed by atoms with E-state index in [1.807, 2.05) is 5.06 Å². The molecule has 1 rings (SSSR count). The molecule has 0 aromatic heterocycles. The van der Waals surface area contributed by atoms with E-state index < -0.39 is 0 Å². The highest BCUT2D eigenvalue weighted by atomic mass is 16.9. The summed E-state index contributed by atoms with van der Waals surface area (Å²) in [5.41, 5.74) is 11.7. The van der Waals surface area contributed by atoms with Crippen LogP contribution in [0, 0.1) is 11.3 Å². The standard InChI is InChI=1S/C14H31N3O/c1-6-14(5,17-12(16)18-17)10-13(3,4)9-11(2)7-8-15/h11-12H,6-10,15-16H2,1-5H3. The lowest BCUT2D eigenvalue weighted by Crippen LogP contribution is -2.41. The van der Waals surface area contributed by atoms with Gasteiger partial charge in [-0.15, -0.1) is 5.06 Å². The van der Waals surface area contributed by atoms with E-state index in [9.17, 15) is 0 Å². The zero-order chi connectivity index (χ0) is 14.0. The van der Waals surface area contributed by atoms with Crippen LogP contribution in [0.1, 0.15) is 60.3 Å². The van der Waals surface area contributed by atoms with E-state index in [-0.39, 0.29) is 17.3 Å². The second kappa shape index (κ2) is 5.87. The first-order valence-corrected chi connectivity index (χ1v) is 7.16. The molecule has 1 aliphatic heterocycles. The van der Waals surface area contributed by atoms with Gasteiger partial charge in [0.2, 0.25) is 6.35 Å². The molecule has 0 spiro atoms. The van der Waals surface area contributed by atoms with Crippen molar-refractivity contribution in [2.24, 2.45) is 22.8 Å². The first-order valence-electron chi connectivity index (χ1n) is 7.16. The Morgan fingerprint density at radius 3 is 2.28 bits per heavy atom. The van der Waals surface area contributed by atoms with Crippen molar-refractivity contribution in [1.82, 2.24) is 5.06 Å². The van der Waals surface area contributed by atoms with Crippen LogP contribution in [0.3, 0.4) is 0 Å². The summed E-state index contributed by atoms with van der Waals surface area (Å²) in [7, 11) is 0. The van der Waals surface area contributed by atoms with Crippen LogP contribution >= 0.6 is 0 Å². The van der Waals surface area contributed by atoms with Gasteiger partial charge in [-0.05, 0) is 50.5 Å². The molecule has 108 valence electrons. The quantitative estimate of drug-likeness (QED) is 0.655. The van der Waals surface area contributed by atoms with Crippen LogP contribution in [-0.2, 0) is 4.84 Å². The van der Waals surface area contributed by atoms with Crippen LogP contribution in [0.5, 0.6) is 0 Å². The fraction of sp³-hybridized carbons (Fsp3) is 1.00. The zero-order valence-electron chi connectivity index (χ0n) is 12.7. The molecule has 1 aliphatic rings. The SMILES string of the molecule is CCC(C)(CC(C)(C)CC(C)CCN)N1OC1N. The molecule has 0 aromatic carbocycles. The molecule has 4 heteroatoms. The smallest absolute Gasteiger partial charge is 0.205 e. The topological polar surface area (TPSA) is 67.6 Å². The van der Waals surface area contributed by atoms with Crippen LogP contribution < -0.4 is 11.5 Å². The Kier molecular flexibility index (Phi) is 5.18. The first kappa shape index (κ1) is 15.9. The highest BCUT2D eigenvalue weighted by molar-refractivity contribution is 4.91. The molecule has 0 saturated carbocycles. The second-order valence-electron chi connectivity index (χ2n) is 6.90. The van der Waals surface area contributed by atoms with E-state index >= 15 is 0 Å². The van der Waals surface area contributed by atoms with Crippen molar-refractivity contribution in [2.45, 2.75) is 72.2 Å². The molecular formula is C14H31N3O. The molecule has 4 unspecified atom stereocenters. The van der Waals surface area contributed by atoms with Crippen molar-refractivity contribution >= 4 is 0 Å². The summed E-state index contributed by atoms with van der Waals surface area (Å²) in [6.45, 7) is 12.2. The van der Waals surface area contributed by atoms with Gasteiger partial charge in [0.05, 0.1) is 0 Å². The summed E-state index contributed by atoms with van der Waals surface area (Å²) >= 11 is 0. The zero-order valence-corrected chi connectivity index (χ0v) is 12.7. The summed E-state index contributed by atoms with van der Waals surface area (Å²) in [6, 6.07) is 0. The lowest BCUT2D eigenvalue weighted by atomic mass is 9.73. The number of nitrogens with two attached hydrogens (primary N) is 2. The normalized spacial score (nSPS) is 28.8. The Hall–Kier alpha value is -0.160. The summed E-state index contributed by atoms with van der Waals surface area (Å²) < 4.78 is 0. The van der Waals surface area contributed by atoms with Crippen molar-refractivity contribution in [3.05, 3.63) is 0 Å². The predicted octanol–water partition coefficient (Wildman–Crippen LogP) is 2.44. The molecule has 0 aliphatic carbocycles. The van der Waals surface area contributed by atoms with Gasteiger partial charge in [0.1, 0.15) is 0 Å². The van der Waals surface area contributed by atoms with Crippen LogP contribution in [-0.4, -0.2) is 23.5 Å². The lowest BCUT2D eigenvalue weighted by molar-refractivity contribution is 0.0288. The van der Waals surface area contributed by atoms with Gasteiger partial charge in [0.15, 0.2) is 0 Å². The molecule has 1 fully saturated rings. The molecule has 4 atom stereocenters. The minimum atomic E-state index is -0.202. The fourth-order valence-corrected chi connectivity index (χ4v) is 3.32. The third-order valence-corrected chi connectivity index (χ3v) is 4.12. The van der Waals surface area contributed by atoms with Gasteiger partial charge in [-0.2, -0.15) is 0 Å². The van der Waals surface area contributed by atoms with Gasteiger partial charge in [0.25, 0.3) is 0 Å². The Balaban J connectivity index is 2.56. The number of hydrogen-bond acceptors (Lipinski definition) is 4. The summed E-state index contributed by atoms with van der Waals surface area (Å²) in [4.78, 5) is 5.36. The lowest BCUT2D eigenvalue weighted by Gasteiger charge is -2.38. The van der Waals surface area contributed by atoms with Crippen molar-refractivity contribution in [3.8, 4) is 0 Å². The molecule has 0 aromatic rings. The maximum Gasteiger partial charge on any atom is 0.205 e. The summed E-state index contributed by atoms with van der Waals surface area (Å²) in [5.74, 6) is 0.676. The van der Waals surface area contributed by atoms with Gasteiger partial charge < -0.3 is 5.73 Å². The van der Waals surface area contributed by atoms with E-state index in [0.29, 0.717) is 5.92 Å². The van der Waals surface area contributed by atoms with Crippen molar-refractivity contribution in [2.75, 3.05) is 6.54 Å². The highest BCUT2D eigenvalue weighted by Crippen LogP contribution is 2.42. The highest BCUT2D eigenvalue weighted by Gasteiger charge is 2.48. The predicted molar refractivity (Wildman–Crippen MR) is 75.4 cm³/mol. The molecule has 1 heterocycles. The largest absolute Gasteiger partial charge is 0.330 e. The minimum Gasteiger partial charge on any atom is -0.330 e. The number of nitrogens with zero attached hydrogens (tertiary/aromatic N) is 1. The van der Waals surface area contributed by atoms with Crippen LogP contribution in [0.25, 0.3) is 0 Å². The number of hydroxylamine groups is 2. The first-order chi connectivity index (χ1) is 8.24. The molecule has 18 heavy (non-hydrogen) atoms. The van der Waals surface area contributed by atoms with Gasteiger partial charge in [0, 0.05) is 5.54 Å². The van der Waals surface area contributed by atoms with Gasteiger partial charge in [-0.1, -0.05) is 27.7 Å². The average Bonchev–Trinajstić information content (AvgIpc) is 2.94. The van der Waals surface area contributed by atoms with E-state index in [2.05, 4.69) is 34.6 Å². The van der Waals surface area contributed by atoms with Gasteiger partial charge in [-0.3, -0.25) is 10.6 Å². The molecule has 0 amide bonds. The van der Waals surface area contributed by atoms with Crippen molar-refractivity contribution in [1.29, 1.82) is 0 Å². The fourth-order valence-electron chi connectivity index (χ4n) is 3.32. The number of hydrogen-bond donors (Lipinski definition) is 2. The third kappa shape index (κ3) is 4.19. The second-order valence-corrected chi connectivity index (χ2v) is 6.90. The Labute approximate surface area is 112 Å². The van der Waals surface area contributed by atoms with Crippen molar-refractivity contribution < 1.29 is 4.84 Å². The molecule has 4 N–H and O–H groups in total. The Bertz CT molecular complexity index is 270. The van der Waals surface area contributed by atoms with E-state index in [4.69, 9.17) is 16.3 Å². The average molecular weight is 257 g/mol. The third-order valence-electron chi connectivity index (χ3n) is 4.12. The Morgan fingerprint density at radius 1 is 1.33 bits per heavy atom. The molecular weight excluding hydrogens is 226 g/mol. The van der Waals surface area contributed by atoms with Crippen LogP contribution in [0.4, 0.5) is 0 Å². The summed E-state index contributed by atoms with van der Waals surface area (Å²) in [5, 5.41) is 1.95. The van der Waals surface area contributed by atoms with Crippen LogP contribution in [0.2, 0.25) is 0 Å². The van der Waals surface area contributed by atoms with Crippen LogP contribution in [0.15, 0.2) is 0 Å². The molecule has 0 bridgehead atoms. The molecule has 4 nitrogen and oxygen atoms in total. The summed E-state index contributed by atoms with van der Waals surface area (Å²) in [6.07, 6.45) is 4.25. The van der Waals surface area contributed by atoms with Gasteiger partial charge in [-0.25, -0.2) is 0 Å². The maximum atomic E-state index is 5.78. The van der Waals surface area contributed by atoms with Gasteiger partial charge >= 0.3 is 0 Å². The van der Waals surface area contributed by atoms with E-state index in [1.165, 1.54) is 6.42 Å². The minimum absolute atomic E-state index is 0.0470. The van der Waals surface area contributed by atoms with E-state index in [0.717, 1.165) is 25.8 Å². The Morgan fingerprint density at radius 2 is 1.89 bits per heavy atom. The van der Waals surface area contributed by atoms with Crippen molar-refractivity contribution in [3.63, 3.8) is 0 Å². The van der Waals surface area contributed by atoms with E-state index in [1.54, 1.807) is 0 Å². The maximum absolute atomic E-state index is 5.78. The molecule has 0 radical (unpaired) electrons.